The molecule has 0 aliphatic heterocycles. The summed E-state index contributed by atoms with van der Waals surface area (Å²) in [6.07, 6.45) is 5.67. The average Bonchev–Trinajstić information content (AvgIpc) is 3.04. The lowest BCUT2D eigenvalue weighted by Crippen LogP contribution is -2.17. The number of nitrogens with zero attached hydrogens (tertiary/aromatic N) is 3. The summed E-state index contributed by atoms with van der Waals surface area (Å²) < 4.78 is 0. The van der Waals surface area contributed by atoms with Crippen LogP contribution in [0.4, 0.5) is 23.0 Å². The minimum Gasteiger partial charge on any atom is -0.361 e. The van der Waals surface area contributed by atoms with Crippen LogP contribution in [0.2, 0.25) is 0 Å². The van der Waals surface area contributed by atoms with E-state index in [9.17, 15) is 10.1 Å². The third-order valence-electron chi connectivity index (χ3n) is 4.35. The molecule has 1 aliphatic rings. The molecule has 0 saturated heterocycles. The summed E-state index contributed by atoms with van der Waals surface area (Å²) in [5.74, 6) is 0.499. The van der Waals surface area contributed by atoms with Crippen molar-refractivity contribution in [1.29, 1.82) is 0 Å². The Hall–Kier alpha value is -2.70. The number of nitro groups is 1. The summed E-state index contributed by atoms with van der Waals surface area (Å²) in [7, 11) is 0. The molecule has 0 spiro atoms. The molecule has 0 atom stereocenters. The van der Waals surface area contributed by atoms with Crippen LogP contribution in [0.25, 0.3) is 0 Å². The molecule has 1 saturated carbocycles. The zero-order chi connectivity index (χ0) is 17.1. The van der Waals surface area contributed by atoms with Gasteiger partial charge in [0.05, 0.1) is 4.92 Å². The van der Waals surface area contributed by atoms with E-state index >= 15 is 0 Å². The first kappa shape index (κ1) is 16.2. The summed E-state index contributed by atoms with van der Waals surface area (Å²) in [5.41, 5.74) is 2.77. The van der Waals surface area contributed by atoms with Crippen molar-refractivity contribution in [2.75, 3.05) is 10.6 Å². The van der Waals surface area contributed by atoms with E-state index in [4.69, 9.17) is 0 Å². The minimum absolute atomic E-state index is 0.106. The fourth-order valence-electron chi connectivity index (χ4n) is 3.01. The van der Waals surface area contributed by atoms with Gasteiger partial charge in [-0.05, 0) is 43.9 Å². The van der Waals surface area contributed by atoms with E-state index in [1.165, 1.54) is 6.33 Å². The van der Waals surface area contributed by atoms with E-state index in [1.807, 2.05) is 32.0 Å². The number of benzene rings is 1. The highest BCUT2D eigenvalue weighted by molar-refractivity contribution is 5.75. The molecule has 7 heteroatoms. The van der Waals surface area contributed by atoms with Gasteiger partial charge in [0, 0.05) is 11.7 Å². The lowest BCUT2D eigenvalue weighted by Gasteiger charge is -2.15. The highest BCUT2D eigenvalue weighted by atomic mass is 16.6. The van der Waals surface area contributed by atoms with Crippen molar-refractivity contribution in [3.63, 3.8) is 0 Å². The first-order chi connectivity index (χ1) is 11.5. The maximum absolute atomic E-state index is 11.6. The summed E-state index contributed by atoms with van der Waals surface area (Å²) in [5, 5.41) is 17.9. The number of anilines is 3. The van der Waals surface area contributed by atoms with Crippen molar-refractivity contribution in [3.8, 4) is 0 Å². The van der Waals surface area contributed by atoms with Gasteiger partial charge >= 0.3 is 5.69 Å². The van der Waals surface area contributed by atoms with Crippen LogP contribution >= 0.6 is 0 Å². The van der Waals surface area contributed by atoms with E-state index in [0.717, 1.165) is 42.5 Å². The molecule has 2 N–H and O–H groups in total. The molecule has 1 heterocycles. The van der Waals surface area contributed by atoms with Crippen molar-refractivity contribution in [1.82, 2.24) is 9.97 Å². The third-order valence-corrected chi connectivity index (χ3v) is 4.35. The summed E-state index contributed by atoms with van der Waals surface area (Å²) >= 11 is 0. The average molecular weight is 327 g/mol. The molecular weight excluding hydrogens is 306 g/mol. The van der Waals surface area contributed by atoms with E-state index in [1.54, 1.807) is 0 Å². The molecule has 126 valence electrons. The second-order valence-electron chi connectivity index (χ2n) is 6.25. The molecule has 1 aliphatic carbocycles. The number of nitrogens with one attached hydrogen (secondary N) is 2. The lowest BCUT2D eigenvalue weighted by molar-refractivity contribution is -0.383. The quantitative estimate of drug-likeness (QED) is 0.634. The molecule has 0 unspecified atom stereocenters. The normalized spacial score (nSPS) is 14.6. The molecule has 0 amide bonds. The van der Waals surface area contributed by atoms with E-state index in [2.05, 4.69) is 20.6 Å². The van der Waals surface area contributed by atoms with Crippen molar-refractivity contribution >= 4 is 23.0 Å². The standard InChI is InChI=1S/C17H21N5O2/c1-11-7-8-12(2)14(9-11)21-17-15(22(23)24)16(18-10-19-17)20-13-5-3-4-6-13/h7-10,13H,3-6H2,1-2H3,(H2,18,19,20,21). The van der Waals surface area contributed by atoms with Gasteiger partial charge in [-0.1, -0.05) is 25.0 Å². The van der Waals surface area contributed by atoms with Gasteiger partial charge in [-0.15, -0.1) is 0 Å². The Morgan fingerprint density at radius 3 is 2.58 bits per heavy atom. The Balaban J connectivity index is 1.94. The van der Waals surface area contributed by atoms with Crippen LogP contribution in [0, 0.1) is 24.0 Å². The lowest BCUT2D eigenvalue weighted by atomic mass is 10.1. The molecule has 3 rings (SSSR count). The summed E-state index contributed by atoms with van der Waals surface area (Å²) in [6.45, 7) is 3.93. The van der Waals surface area contributed by atoms with Gasteiger partial charge in [-0.25, -0.2) is 9.97 Å². The number of aryl methyl sites for hydroxylation is 2. The van der Waals surface area contributed by atoms with Crippen molar-refractivity contribution in [2.45, 2.75) is 45.6 Å². The molecule has 7 nitrogen and oxygen atoms in total. The second-order valence-corrected chi connectivity index (χ2v) is 6.25. The SMILES string of the molecule is Cc1ccc(C)c(Nc2ncnc(NC3CCCC3)c2[N+](=O)[O-])c1. The molecule has 1 fully saturated rings. The van der Waals surface area contributed by atoms with Crippen LogP contribution < -0.4 is 10.6 Å². The monoisotopic (exact) mass is 327 g/mol. The highest BCUT2D eigenvalue weighted by Crippen LogP contribution is 2.34. The van der Waals surface area contributed by atoms with Gasteiger partial charge in [0.25, 0.3) is 0 Å². The van der Waals surface area contributed by atoms with E-state index < -0.39 is 4.92 Å². The summed E-state index contributed by atoms with van der Waals surface area (Å²) in [6, 6.07) is 6.17. The second kappa shape index (κ2) is 6.82. The topological polar surface area (TPSA) is 93.0 Å². The van der Waals surface area contributed by atoms with Crippen LogP contribution in [0.3, 0.4) is 0 Å². The van der Waals surface area contributed by atoms with Crippen LogP contribution in [0.1, 0.15) is 36.8 Å². The van der Waals surface area contributed by atoms with Gasteiger partial charge in [-0.3, -0.25) is 10.1 Å². The third kappa shape index (κ3) is 3.45. The van der Waals surface area contributed by atoms with Gasteiger partial charge in [0.15, 0.2) is 0 Å². The fraction of sp³-hybridized carbons (Fsp3) is 0.412. The first-order valence-corrected chi connectivity index (χ1v) is 8.15. The smallest absolute Gasteiger partial charge is 0.353 e. The van der Waals surface area contributed by atoms with Crippen molar-refractivity contribution < 1.29 is 4.92 Å². The highest BCUT2D eigenvalue weighted by Gasteiger charge is 2.26. The Morgan fingerprint density at radius 1 is 1.17 bits per heavy atom. The largest absolute Gasteiger partial charge is 0.361 e. The van der Waals surface area contributed by atoms with Crippen LogP contribution in [0.15, 0.2) is 24.5 Å². The van der Waals surface area contributed by atoms with Crippen molar-refractivity contribution in [3.05, 3.63) is 45.8 Å². The molecule has 1 aromatic carbocycles. The number of aromatic nitrogens is 2. The van der Waals surface area contributed by atoms with Gasteiger partial charge in [-0.2, -0.15) is 0 Å². The minimum atomic E-state index is -0.426. The molecule has 1 aromatic heterocycles. The molecule has 24 heavy (non-hydrogen) atoms. The first-order valence-electron chi connectivity index (χ1n) is 8.15. The van der Waals surface area contributed by atoms with E-state index in [-0.39, 0.29) is 23.4 Å². The molecule has 0 bridgehead atoms. The maximum Gasteiger partial charge on any atom is 0.353 e. The van der Waals surface area contributed by atoms with Crippen LogP contribution in [-0.4, -0.2) is 20.9 Å². The van der Waals surface area contributed by atoms with E-state index in [0.29, 0.717) is 0 Å². The Bertz CT molecular complexity index is 757. The summed E-state index contributed by atoms with van der Waals surface area (Å²) in [4.78, 5) is 19.4. The number of hydrogen-bond donors (Lipinski definition) is 2. The Kier molecular flexibility index (Phi) is 4.59. The predicted molar refractivity (Wildman–Crippen MR) is 93.8 cm³/mol. The maximum atomic E-state index is 11.6. The number of hydrogen-bond acceptors (Lipinski definition) is 6. The van der Waals surface area contributed by atoms with Gasteiger partial charge in [0.1, 0.15) is 6.33 Å². The Labute approximate surface area is 140 Å². The molecule has 0 radical (unpaired) electrons. The number of rotatable bonds is 5. The van der Waals surface area contributed by atoms with Gasteiger partial charge in [0.2, 0.25) is 11.6 Å². The Morgan fingerprint density at radius 2 is 1.88 bits per heavy atom. The fourth-order valence-corrected chi connectivity index (χ4v) is 3.01. The van der Waals surface area contributed by atoms with Crippen LogP contribution in [-0.2, 0) is 0 Å². The van der Waals surface area contributed by atoms with Crippen molar-refractivity contribution in [2.24, 2.45) is 0 Å². The zero-order valence-electron chi connectivity index (χ0n) is 13.9. The van der Waals surface area contributed by atoms with Gasteiger partial charge < -0.3 is 10.6 Å². The molecular formula is C17H21N5O2. The molecule has 2 aromatic rings. The predicted octanol–water partition coefficient (Wildman–Crippen LogP) is 4.10. The van der Waals surface area contributed by atoms with Crippen LogP contribution in [0.5, 0.6) is 0 Å². The zero-order valence-corrected chi connectivity index (χ0v) is 13.9.